The molecule has 2 aromatic carbocycles. The Balaban J connectivity index is 1.85. The predicted octanol–water partition coefficient (Wildman–Crippen LogP) is 4.39. The van der Waals surface area contributed by atoms with Crippen LogP contribution < -0.4 is 10.2 Å². The van der Waals surface area contributed by atoms with E-state index in [0.29, 0.717) is 5.69 Å². The highest BCUT2D eigenvalue weighted by Crippen LogP contribution is 2.20. The van der Waals surface area contributed by atoms with E-state index in [1.165, 1.54) is 5.56 Å². The molecule has 0 aliphatic carbocycles. The molecular weight excluding hydrogens is 287 g/mol. The molecule has 2 rings (SSSR count). The van der Waals surface area contributed by atoms with Crippen molar-refractivity contribution in [1.82, 2.24) is 5.32 Å². The third kappa shape index (κ3) is 5.68. The summed E-state index contributed by atoms with van der Waals surface area (Å²) < 4.78 is 14.0. The van der Waals surface area contributed by atoms with E-state index in [4.69, 9.17) is 0 Å². The molecule has 0 amide bonds. The molecule has 0 saturated heterocycles. The number of rotatable bonds is 9. The zero-order chi connectivity index (χ0) is 16.5. The molecule has 0 saturated carbocycles. The second-order valence-electron chi connectivity index (χ2n) is 5.97. The van der Waals surface area contributed by atoms with E-state index in [0.717, 1.165) is 44.5 Å². The topological polar surface area (TPSA) is 15.3 Å². The summed E-state index contributed by atoms with van der Waals surface area (Å²) in [5.74, 6) is -0.142. The van der Waals surface area contributed by atoms with E-state index < -0.39 is 0 Å². The van der Waals surface area contributed by atoms with Crippen LogP contribution in [0.1, 0.15) is 30.9 Å². The Bertz CT molecular complexity index is 583. The van der Waals surface area contributed by atoms with Crippen molar-refractivity contribution in [3.05, 3.63) is 65.5 Å². The minimum absolute atomic E-state index is 0.142. The molecule has 2 nitrogen and oxygen atoms in total. The van der Waals surface area contributed by atoms with Gasteiger partial charge in [0.25, 0.3) is 0 Å². The van der Waals surface area contributed by atoms with Crippen molar-refractivity contribution in [2.45, 2.75) is 32.7 Å². The smallest absolute Gasteiger partial charge is 0.146 e. The Hall–Kier alpha value is -1.87. The molecule has 2 aromatic rings. The molecule has 0 unspecified atom stereocenters. The minimum Gasteiger partial charge on any atom is -0.372 e. The summed E-state index contributed by atoms with van der Waals surface area (Å²) in [5, 5.41) is 3.44. The third-order valence-corrected chi connectivity index (χ3v) is 4.03. The van der Waals surface area contributed by atoms with E-state index >= 15 is 0 Å². The van der Waals surface area contributed by atoms with Crippen LogP contribution in [0.15, 0.2) is 48.5 Å². The highest BCUT2D eigenvalue weighted by molar-refractivity contribution is 5.49. The zero-order valence-corrected chi connectivity index (χ0v) is 14.2. The fraction of sp³-hybridized carbons (Fsp3) is 0.400. The number of benzene rings is 2. The lowest BCUT2D eigenvalue weighted by Crippen LogP contribution is -2.21. The van der Waals surface area contributed by atoms with Crippen LogP contribution in [-0.2, 0) is 13.0 Å². The van der Waals surface area contributed by atoms with Crippen LogP contribution in [0.5, 0.6) is 0 Å². The van der Waals surface area contributed by atoms with Gasteiger partial charge in [-0.05, 0) is 42.6 Å². The lowest BCUT2D eigenvalue weighted by molar-refractivity contribution is 0.617. The lowest BCUT2D eigenvalue weighted by Gasteiger charge is -2.20. The van der Waals surface area contributed by atoms with Crippen LogP contribution in [0.3, 0.4) is 0 Å². The van der Waals surface area contributed by atoms with Crippen molar-refractivity contribution in [3.8, 4) is 0 Å². The summed E-state index contributed by atoms with van der Waals surface area (Å²) in [6.07, 6.45) is 3.20. The summed E-state index contributed by atoms with van der Waals surface area (Å²) in [6, 6.07) is 15.8. The van der Waals surface area contributed by atoms with Crippen molar-refractivity contribution in [3.63, 3.8) is 0 Å². The molecule has 23 heavy (non-hydrogen) atoms. The summed E-state index contributed by atoms with van der Waals surface area (Å²) in [5.41, 5.74) is 3.15. The van der Waals surface area contributed by atoms with Crippen LogP contribution in [-0.4, -0.2) is 20.1 Å². The number of anilines is 1. The standard InChI is InChI=1S/C20H27FN2/c1-3-4-14-23(2)20-15-18(10-11-19(20)21)16-22-13-12-17-8-6-5-7-9-17/h5-11,15,22H,3-4,12-14,16H2,1-2H3. The molecule has 0 atom stereocenters. The number of hydrogen-bond acceptors (Lipinski definition) is 2. The van der Waals surface area contributed by atoms with Crippen molar-refractivity contribution in [2.75, 3.05) is 25.0 Å². The molecule has 124 valence electrons. The number of hydrogen-bond donors (Lipinski definition) is 1. The second kappa shape index (κ2) is 9.31. The first kappa shape index (κ1) is 17.5. The fourth-order valence-corrected chi connectivity index (χ4v) is 2.59. The van der Waals surface area contributed by atoms with Gasteiger partial charge in [-0.15, -0.1) is 0 Å². The van der Waals surface area contributed by atoms with Crippen molar-refractivity contribution in [1.29, 1.82) is 0 Å². The molecular formula is C20H27FN2. The van der Waals surface area contributed by atoms with Crippen molar-refractivity contribution >= 4 is 5.69 Å². The molecule has 0 aliphatic heterocycles. The van der Waals surface area contributed by atoms with E-state index in [9.17, 15) is 4.39 Å². The summed E-state index contributed by atoms with van der Waals surface area (Å²) in [7, 11) is 1.96. The second-order valence-corrected chi connectivity index (χ2v) is 5.97. The SMILES string of the molecule is CCCCN(C)c1cc(CNCCc2ccccc2)ccc1F. The number of nitrogens with zero attached hydrogens (tertiary/aromatic N) is 1. The van der Waals surface area contributed by atoms with Crippen molar-refractivity contribution in [2.24, 2.45) is 0 Å². The van der Waals surface area contributed by atoms with E-state index in [1.807, 2.05) is 30.1 Å². The van der Waals surface area contributed by atoms with Crippen LogP contribution in [0.2, 0.25) is 0 Å². The monoisotopic (exact) mass is 314 g/mol. The van der Waals surface area contributed by atoms with E-state index in [-0.39, 0.29) is 5.82 Å². The molecule has 0 heterocycles. The molecule has 0 spiro atoms. The van der Waals surface area contributed by atoms with Crippen LogP contribution >= 0.6 is 0 Å². The first-order valence-electron chi connectivity index (χ1n) is 8.45. The molecule has 0 bridgehead atoms. The molecule has 0 radical (unpaired) electrons. The van der Waals surface area contributed by atoms with Crippen LogP contribution in [0.4, 0.5) is 10.1 Å². The Labute approximate surface area is 139 Å². The zero-order valence-electron chi connectivity index (χ0n) is 14.2. The van der Waals surface area contributed by atoms with Gasteiger partial charge in [0.05, 0.1) is 5.69 Å². The van der Waals surface area contributed by atoms with Gasteiger partial charge in [0, 0.05) is 20.1 Å². The Kier molecular flexibility index (Phi) is 7.08. The van der Waals surface area contributed by atoms with E-state index in [2.05, 4.69) is 36.5 Å². The Morgan fingerprint density at radius 3 is 2.57 bits per heavy atom. The molecule has 0 aromatic heterocycles. The quantitative estimate of drug-likeness (QED) is 0.690. The summed E-state index contributed by atoms with van der Waals surface area (Å²) in [6.45, 7) is 4.72. The van der Waals surface area contributed by atoms with Crippen LogP contribution in [0.25, 0.3) is 0 Å². The maximum absolute atomic E-state index is 14.0. The molecule has 0 fully saturated rings. The third-order valence-electron chi connectivity index (χ3n) is 4.03. The Morgan fingerprint density at radius 1 is 1.04 bits per heavy atom. The van der Waals surface area contributed by atoms with Crippen LogP contribution in [0, 0.1) is 5.82 Å². The van der Waals surface area contributed by atoms with Gasteiger partial charge in [-0.3, -0.25) is 0 Å². The lowest BCUT2D eigenvalue weighted by atomic mass is 10.1. The largest absolute Gasteiger partial charge is 0.372 e. The number of halogens is 1. The normalized spacial score (nSPS) is 10.7. The summed E-state index contributed by atoms with van der Waals surface area (Å²) >= 11 is 0. The average Bonchev–Trinajstić information content (AvgIpc) is 2.59. The van der Waals surface area contributed by atoms with Gasteiger partial charge in [0.15, 0.2) is 0 Å². The maximum Gasteiger partial charge on any atom is 0.146 e. The molecule has 3 heteroatoms. The maximum atomic E-state index is 14.0. The number of unbranched alkanes of at least 4 members (excludes halogenated alkanes) is 1. The fourth-order valence-electron chi connectivity index (χ4n) is 2.59. The van der Waals surface area contributed by atoms with Gasteiger partial charge in [-0.2, -0.15) is 0 Å². The molecule has 0 aliphatic rings. The van der Waals surface area contributed by atoms with E-state index in [1.54, 1.807) is 6.07 Å². The highest BCUT2D eigenvalue weighted by atomic mass is 19.1. The van der Waals surface area contributed by atoms with Gasteiger partial charge < -0.3 is 10.2 Å². The van der Waals surface area contributed by atoms with Gasteiger partial charge in [-0.1, -0.05) is 49.7 Å². The minimum atomic E-state index is -0.142. The van der Waals surface area contributed by atoms with Crippen molar-refractivity contribution < 1.29 is 4.39 Å². The van der Waals surface area contributed by atoms with Gasteiger partial charge in [0.1, 0.15) is 5.82 Å². The number of nitrogens with one attached hydrogen (secondary N) is 1. The average molecular weight is 314 g/mol. The first-order valence-corrected chi connectivity index (χ1v) is 8.45. The highest BCUT2D eigenvalue weighted by Gasteiger charge is 2.08. The first-order chi connectivity index (χ1) is 11.2. The molecule has 1 N–H and O–H groups in total. The van der Waals surface area contributed by atoms with Gasteiger partial charge in [-0.25, -0.2) is 4.39 Å². The summed E-state index contributed by atoms with van der Waals surface area (Å²) in [4.78, 5) is 2.01. The predicted molar refractivity (Wildman–Crippen MR) is 96.4 cm³/mol. The van der Waals surface area contributed by atoms with Gasteiger partial charge in [0.2, 0.25) is 0 Å². The Morgan fingerprint density at radius 2 is 1.83 bits per heavy atom. The van der Waals surface area contributed by atoms with Gasteiger partial charge >= 0.3 is 0 Å².